The summed E-state index contributed by atoms with van der Waals surface area (Å²) in [7, 11) is 0. The molecule has 1 nitrogen and oxygen atoms in total. The van der Waals surface area contributed by atoms with Gasteiger partial charge in [-0.3, -0.25) is 0 Å². The van der Waals surface area contributed by atoms with Crippen molar-refractivity contribution in [2.45, 2.75) is 0 Å². The topological polar surface area (TPSA) is 3.24 Å². The van der Waals surface area contributed by atoms with E-state index in [0.717, 1.165) is 50.4 Å². The van der Waals surface area contributed by atoms with Crippen molar-refractivity contribution in [2.75, 3.05) is 4.90 Å². The van der Waals surface area contributed by atoms with Crippen molar-refractivity contribution in [3.8, 4) is 33.4 Å². The first-order valence-corrected chi connectivity index (χ1v) is 12.9. The molecule has 40 heavy (non-hydrogen) atoms. The fourth-order valence-corrected chi connectivity index (χ4v) is 4.86. The monoisotopic (exact) mass is 527 g/mol. The van der Waals surface area contributed by atoms with E-state index in [2.05, 4.69) is 4.90 Å². The number of hydrogen-bond acceptors (Lipinski definition) is 1. The molecule has 0 aliphatic carbocycles. The molecule has 0 fully saturated rings. The van der Waals surface area contributed by atoms with Crippen LogP contribution in [-0.2, 0) is 0 Å². The Morgan fingerprint density at radius 1 is 0.300 bits per heavy atom. The molecule has 0 radical (unpaired) electrons. The molecule has 6 rings (SSSR count). The third-order valence-corrected chi connectivity index (χ3v) is 6.85. The van der Waals surface area contributed by atoms with Crippen LogP contribution in [0.1, 0.15) is 0 Å². The quantitative estimate of drug-likeness (QED) is 0.208. The van der Waals surface area contributed by atoms with Crippen LogP contribution in [0.2, 0.25) is 0 Å². The molecule has 0 aromatic heterocycles. The molecule has 4 heteroatoms. The summed E-state index contributed by atoms with van der Waals surface area (Å²) in [6.07, 6.45) is 0. The molecule has 6 aromatic carbocycles. The highest BCUT2D eigenvalue weighted by molar-refractivity contribution is 5.81. The fourth-order valence-electron chi connectivity index (χ4n) is 4.86. The summed E-state index contributed by atoms with van der Waals surface area (Å²) in [6.45, 7) is 0. The molecule has 6 aromatic rings. The summed E-state index contributed by atoms with van der Waals surface area (Å²) in [5, 5.41) is 0. The van der Waals surface area contributed by atoms with Gasteiger partial charge in [-0.15, -0.1) is 0 Å². The van der Waals surface area contributed by atoms with Gasteiger partial charge < -0.3 is 4.90 Å². The van der Waals surface area contributed by atoms with E-state index in [4.69, 9.17) is 0 Å². The second-order valence-corrected chi connectivity index (χ2v) is 9.51. The first-order chi connectivity index (χ1) is 19.5. The van der Waals surface area contributed by atoms with Gasteiger partial charge in [0.15, 0.2) is 0 Å². The zero-order valence-corrected chi connectivity index (χ0v) is 21.4. The molecular formula is C36H24F3N. The Morgan fingerprint density at radius 3 is 0.825 bits per heavy atom. The third-order valence-electron chi connectivity index (χ3n) is 6.85. The summed E-state index contributed by atoms with van der Waals surface area (Å²) in [5.41, 5.74) is 7.88. The van der Waals surface area contributed by atoms with E-state index >= 15 is 0 Å². The average molecular weight is 528 g/mol. The first kappa shape index (κ1) is 25.2. The minimum Gasteiger partial charge on any atom is -0.311 e. The molecule has 0 atom stereocenters. The molecule has 0 saturated carbocycles. The van der Waals surface area contributed by atoms with Gasteiger partial charge in [0.05, 0.1) is 0 Å². The van der Waals surface area contributed by atoms with Crippen molar-refractivity contribution in [1.29, 1.82) is 0 Å². The molecule has 0 bridgehead atoms. The van der Waals surface area contributed by atoms with Gasteiger partial charge in [-0.05, 0) is 106 Å². The second kappa shape index (κ2) is 11.0. The van der Waals surface area contributed by atoms with Crippen molar-refractivity contribution in [3.63, 3.8) is 0 Å². The number of nitrogens with zero attached hydrogens (tertiary/aromatic N) is 1. The van der Waals surface area contributed by atoms with E-state index in [0.29, 0.717) is 0 Å². The fraction of sp³-hybridized carbons (Fsp3) is 0. The van der Waals surface area contributed by atoms with E-state index in [9.17, 15) is 13.2 Å². The number of halogens is 3. The standard InChI is InChI=1S/C36H24F3N/c37-31-7-1-4-28(22-31)25-10-16-34(17-11-25)40(35-18-12-26(13-19-35)29-5-2-8-32(38)23-29)36-20-14-27(15-21-36)30-6-3-9-33(39)24-30/h1-24H. The van der Waals surface area contributed by atoms with E-state index in [1.165, 1.54) is 36.4 Å². The maximum atomic E-state index is 13.8. The number of rotatable bonds is 6. The van der Waals surface area contributed by atoms with Gasteiger partial charge >= 0.3 is 0 Å². The second-order valence-electron chi connectivity index (χ2n) is 9.51. The Morgan fingerprint density at radius 2 is 0.575 bits per heavy atom. The highest BCUT2D eigenvalue weighted by Crippen LogP contribution is 2.37. The van der Waals surface area contributed by atoms with Gasteiger partial charge in [-0.1, -0.05) is 72.8 Å². The summed E-state index contributed by atoms with van der Waals surface area (Å²) in [6, 6.07) is 43.4. The van der Waals surface area contributed by atoms with Crippen molar-refractivity contribution >= 4 is 17.1 Å². The predicted molar refractivity (Wildman–Crippen MR) is 157 cm³/mol. The van der Waals surface area contributed by atoms with E-state index in [-0.39, 0.29) is 17.5 Å². The smallest absolute Gasteiger partial charge is 0.123 e. The van der Waals surface area contributed by atoms with Crippen LogP contribution >= 0.6 is 0 Å². The first-order valence-electron chi connectivity index (χ1n) is 12.9. The van der Waals surface area contributed by atoms with Crippen LogP contribution in [0.5, 0.6) is 0 Å². The summed E-state index contributed by atoms with van der Waals surface area (Å²) < 4.78 is 41.4. The zero-order valence-electron chi connectivity index (χ0n) is 21.4. The highest BCUT2D eigenvalue weighted by Gasteiger charge is 2.14. The molecule has 0 saturated heterocycles. The summed E-state index contributed by atoms with van der Waals surface area (Å²) in [4.78, 5) is 2.11. The molecule has 0 spiro atoms. The molecule has 0 unspecified atom stereocenters. The van der Waals surface area contributed by atoms with Crippen LogP contribution in [0.25, 0.3) is 33.4 Å². The van der Waals surface area contributed by atoms with Crippen LogP contribution in [0.15, 0.2) is 146 Å². The van der Waals surface area contributed by atoms with Crippen LogP contribution in [0.4, 0.5) is 30.2 Å². The Kier molecular flexibility index (Phi) is 6.90. The SMILES string of the molecule is Fc1cccc(-c2ccc(N(c3ccc(-c4cccc(F)c4)cc3)c3ccc(-c4cccc(F)c4)cc3)cc2)c1. The lowest BCUT2D eigenvalue weighted by Gasteiger charge is -2.26. The van der Waals surface area contributed by atoms with Gasteiger partial charge in [0.25, 0.3) is 0 Å². The molecule has 194 valence electrons. The van der Waals surface area contributed by atoms with Crippen molar-refractivity contribution in [1.82, 2.24) is 0 Å². The molecule has 0 amide bonds. The number of benzene rings is 6. The van der Waals surface area contributed by atoms with Gasteiger partial charge in [-0.2, -0.15) is 0 Å². The van der Waals surface area contributed by atoms with Crippen molar-refractivity contribution < 1.29 is 13.2 Å². The molecule has 0 heterocycles. The minimum atomic E-state index is -0.278. The van der Waals surface area contributed by atoms with Gasteiger partial charge in [0, 0.05) is 17.1 Å². The van der Waals surface area contributed by atoms with Crippen molar-refractivity contribution in [2.24, 2.45) is 0 Å². The normalized spacial score (nSPS) is 10.9. The van der Waals surface area contributed by atoms with E-state index in [1.54, 1.807) is 18.2 Å². The lowest BCUT2D eigenvalue weighted by Crippen LogP contribution is -2.09. The Balaban J connectivity index is 1.39. The highest BCUT2D eigenvalue weighted by atomic mass is 19.1. The van der Waals surface area contributed by atoms with Gasteiger partial charge in [0.2, 0.25) is 0 Å². The van der Waals surface area contributed by atoms with Gasteiger partial charge in [0.1, 0.15) is 17.5 Å². The molecule has 0 N–H and O–H groups in total. The Hall–Kier alpha value is -5.09. The number of anilines is 3. The maximum Gasteiger partial charge on any atom is 0.123 e. The van der Waals surface area contributed by atoms with Crippen LogP contribution in [0, 0.1) is 17.5 Å². The lowest BCUT2D eigenvalue weighted by molar-refractivity contribution is 0.628. The largest absolute Gasteiger partial charge is 0.311 e. The molecule has 0 aliphatic rings. The lowest BCUT2D eigenvalue weighted by atomic mass is 10.0. The Labute approximate surface area is 231 Å². The van der Waals surface area contributed by atoms with Crippen molar-refractivity contribution in [3.05, 3.63) is 163 Å². The minimum absolute atomic E-state index is 0.278. The zero-order chi connectivity index (χ0) is 27.5. The maximum absolute atomic E-state index is 13.8. The predicted octanol–water partition coefficient (Wildman–Crippen LogP) is 10.6. The average Bonchev–Trinajstić information content (AvgIpc) is 2.98. The summed E-state index contributed by atoms with van der Waals surface area (Å²) in [5.74, 6) is -0.833. The number of hydrogen-bond donors (Lipinski definition) is 0. The third kappa shape index (κ3) is 5.38. The van der Waals surface area contributed by atoms with Gasteiger partial charge in [-0.25, -0.2) is 13.2 Å². The molecular weight excluding hydrogens is 503 g/mol. The molecule has 0 aliphatic heterocycles. The van der Waals surface area contributed by atoms with Crippen LogP contribution in [-0.4, -0.2) is 0 Å². The Bertz CT molecular complexity index is 1550. The summed E-state index contributed by atoms with van der Waals surface area (Å²) >= 11 is 0. The van der Waals surface area contributed by atoms with E-state index < -0.39 is 0 Å². The van der Waals surface area contributed by atoms with Crippen LogP contribution in [0.3, 0.4) is 0 Å². The van der Waals surface area contributed by atoms with E-state index in [1.807, 2.05) is 91.0 Å². The van der Waals surface area contributed by atoms with Crippen LogP contribution < -0.4 is 4.90 Å².